The van der Waals surface area contributed by atoms with Crippen LogP contribution in [0.5, 0.6) is 0 Å². The van der Waals surface area contributed by atoms with Crippen LogP contribution in [0.2, 0.25) is 0 Å². The van der Waals surface area contributed by atoms with Crippen molar-refractivity contribution in [3.05, 3.63) is 101 Å². The molecule has 5 aromatic rings. The minimum Gasteiger partial charge on any atom is -0.456 e. The second-order valence-electron chi connectivity index (χ2n) is 7.82. The zero-order valence-electron chi connectivity index (χ0n) is 17.1. The summed E-state index contributed by atoms with van der Waals surface area (Å²) in [6.45, 7) is 0. The summed E-state index contributed by atoms with van der Waals surface area (Å²) in [6, 6.07) is 22.2. The van der Waals surface area contributed by atoms with Crippen molar-refractivity contribution in [1.82, 2.24) is 15.0 Å². The van der Waals surface area contributed by atoms with Gasteiger partial charge >= 0.3 is 0 Å². The minimum atomic E-state index is 0.138. The Balaban J connectivity index is 1.54. The van der Waals surface area contributed by atoms with Crippen molar-refractivity contribution in [2.75, 3.05) is 0 Å². The van der Waals surface area contributed by atoms with Crippen LogP contribution in [-0.4, -0.2) is 15.0 Å². The average molecular weight is 480 g/mol. The van der Waals surface area contributed by atoms with Crippen LogP contribution < -0.4 is 0 Å². The topological polar surface area (TPSA) is 51.8 Å². The first-order valence-electron chi connectivity index (χ1n) is 10.5. The van der Waals surface area contributed by atoms with Crippen molar-refractivity contribution < 1.29 is 4.42 Å². The van der Waals surface area contributed by atoms with Gasteiger partial charge in [-0.2, -0.15) is 0 Å². The molecular weight excluding hydrogens is 462 g/mol. The van der Waals surface area contributed by atoms with Crippen LogP contribution in [0.4, 0.5) is 0 Å². The summed E-state index contributed by atoms with van der Waals surface area (Å²) in [6.07, 6.45) is 9.30. The molecule has 0 spiro atoms. The minimum absolute atomic E-state index is 0.138. The predicted molar refractivity (Wildman–Crippen MR) is 131 cm³/mol. The molecule has 6 rings (SSSR count). The molecule has 0 saturated heterocycles. The Morgan fingerprint density at radius 3 is 2.28 bits per heavy atom. The van der Waals surface area contributed by atoms with Crippen molar-refractivity contribution >= 4 is 37.9 Å². The quantitative estimate of drug-likeness (QED) is 0.269. The molecule has 32 heavy (non-hydrogen) atoms. The van der Waals surface area contributed by atoms with Crippen molar-refractivity contribution in [2.24, 2.45) is 0 Å². The zero-order chi connectivity index (χ0) is 21.5. The van der Waals surface area contributed by atoms with Crippen LogP contribution in [0, 0.1) is 0 Å². The number of benzene rings is 3. The highest BCUT2D eigenvalue weighted by Crippen LogP contribution is 2.34. The largest absolute Gasteiger partial charge is 0.456 e. The number of halogens is 1. The Kier molecular flexibility index (Phi) is 4.69. The second-order valence-corrected chi connectivity index (χ2v) is 8.73. The molecule has 1 unspecified atom stereocenters. The number of fused-ring (bicyclic) bond motifs is 3. The first-order chi connectivity index (χ1) is 15.7. The van der Waals surface area contributed by atoms with E-state index in [0.717, 1.165) is 49.8 Å². The fraction of sp³-hybridized carbons (Fsp3) is 0.0741. The molecule has 0 N–H and O–H groups in total. The first-order valence-corrected chi connectivity index (χ1v) is 11.3. The number of rotatable bonds is 3. The Morgan fingerprint density at radius 2 is 1.50 bits per heavy atom. The van der Waals surface area contributed by atoms with Crippen LogP contribution in [0.25, 0.3) is 44.7 Å². The number of hydrogen-bond acceptors (Lipinski definition) is 4. The molecule has 0 amide bonds. The lowest BCUT2D eigenvalue weighted by Gasteiger charge is -2.14. The van der Waals surface area contributed by atoms with Gasteiger partial charge < -0.3 is 4.42 Å². The fourth-order valence-electron chi connectivity index (χ4n) is 4.06. The summed E-state index contributed by atoms with van der Waals surface area (Å²) in [5, 5.41) is 2.11. The maximum atomic E-state index is 6.02. The van der Waals surface area contributed by atoms with E-state index in [1.54, 1.807) is 0 Å². The molecule has 0 saturated carbocycles. The molecule has 2 heterocycles. The maximum absolute atomic E-state index is 6.02. The highest BCUT2D eigenvalue weighted by molar-refractivity contribution is 9.10. The predicted octanol–water partition coefficient (Wildman–Crippen LogP) is 7.47. The summed E-state index contributed by atoms with van der Waals surface area (Å²) in [7, 11) is 0. The number of furan rings is 1. The van der Waals surface area contributed by atoms with Gasteiger partial charge in [0.15, 0.2) is 11.6 Å². The fourth-order valence-corrected chi connectivity index (χ4v) is 4.43. The second kappa shape index (κ2) is 7.84. The molecule has 1 aliphatic carbocycles. The normalized spacial score (nSPS) is 15.6. The summed E-state index contributed by atoms with van der Waals surface area (Å²) >= 11 is 3.57. The van der Waals surface area contributed by atoms with Crippen LogP contribution in [0.1, 0.15) is 18.2 Å². The van der Waals surface area contributed by atoms with Gasteiger partial charge in [0.25, 0.3) is 0 Å². The maximum Gasteiger partial charge on any atom is 0.163 e. The lowest BCUT2D eigenvalue weighted by atomic mass is 10.00. The van der Waals surface area contributed by atoms with E-state index in [9.17, 15) is 0 Å². The van der Waals surface area contributed by atoms with Crippen molar-refractivity contribution in [3.63, 3.8) is 0 Å². The molecule has 0 bridgehead atoms. The van der Waals surface area contributed by atoms with Gasteiger partial charge in [-0.1, -0.05) is 70.6 Å². The van der Waals surface area contributed by atoms with Crippen LogP contribution in [0.3, 0.4) is 0 Å². The summed E-state index contributed by atoms with van der Waals surface area (Å²) in [5.41, 5.74) is 3.63. The average Bonchev–Trinajstić information content (AvgIpc) is 3.22. The number of nitrogens with zero attached hydrogens (tertiary/aromatic N) is 3. The molecule has 0 fully saturated rings. The zero-order valence-corrected chi connectivity index (χ0v) is 18.7. The molecule has 3 aromatic carbocycles. The van der Waals surface area contributed by atoms with E-state index < -0.39 is 0 Å². The molecule has 1 atom stereocenters. The summed E-state index contributed by atoms with van der Waals surface area (Å²) in [4.78, 5) is 14.6. The number of allylic oxidation sites excluding steroid dienone is 4. The lowest BCUT2D eigenvalue weighted by molar-refractivity contribution is 0.669. The Hall–Kier alpha value is -3.57. The molecule has 1 aliphatic rings. The third-order valence-corrected chi connectivity index (χ3v) is 6.18. The highest BCUT2D eigenvalue weighted by atomic mass is 79.9. The third kappa shape index (κ3) is 3.45. The summed E-state index contributed by atoms with van der Waals surface area (Å²) < 4.78 is 7.04. The molecule has 0 radical (unpaired) electrons. The molecule has 154 valence electrons. The van der Waals surface area contributed by atoms with Crippen molar-refractivity contribution in [2.45, 2.75) is 12.3 Å². The van der Waals surface area contributed by atoms with Gasteiger partial charge in [0.2, 0.25) is 0 Å². The van der Waals surface area contributed by atoms with Crippen LogP contribution >= 0.6 is 15.9 Å². The summed E-state index contributed by atoms with van der Waals surface area (Å²) in [5.74, 6) is 2.28. The molecule has 4 nitrogen and oxygen atoms in total. The Morgan fingerprint density at radius 1 is 0.750 bits per heavy atom. The Labute approximate surface area is 193 Å². The monoisotopic (exact) mass is 479 g/mol. The van der Waals surface area contributed by atoms with Crippen LogP contribution in [0.15, 0.2) is 99.9 Å². The van der Waals surface area contributed by atoms with E-state index in [-0.39, 0.29) is 5.92 Å². The number of aromatic nitrogens is 3. The van der Waals surface area contributed by atoms with Crippen LogP contribution in [-0.2, 0) is 0 Å². The van der Waals surface area contributed by atoms with Gasteiger partial charge in [-0.05, 0) is 42.8 Å². The van der Waals surface area contributed by atoms with E-state index in [1.165, 1.54) is 0 Å². The van der Waals surface area contributed by atoms with E-state index in [4.69, 9.17) is 19.4 Å². The SMILES string of the molecule is Brc1ccc2oc3ccc(-c4nc(-c5ccccc5)nc(C5C=CC=CC5)n4)cc3c2c1. The molecular formula is C27H18BrN3O. The lowest BCUT2D eigenvalue weighted by Crippen LogP contribution is -2.07. The molecule has 5 heteroatoms. The van der Waals surface area contributed by atoms with Crippen molar-refractivity contribution in [3.8, 4) is 22.8 Å². The van der Waals surface area contributed by atoms with Gasteiger partial charge in [0.1, 0.15) is 17.0 Å². The van der Waals surface area contributed by atoms with Gasteiger partial charge in [-0.25, -0.2) is 15.0 Å². The Bertz CT molecular complexity index is 1520. The van der Waals surface area contributed by atoms with E-state index in [1.807, 2.05) is 54.6 Å². The van der Waals surface area contributed by atoms with Gasteiger partial charge in [-0.3, -0.25) is 0 Å². The molecule has 0 aliphatic heterocycles. The standard InChI is InChI=1S/C27H18BrN3O/c28-20-12-14-24-22(16-20)21-15-19(11-13-23(21)32-24)27-30-25(17-7-3-1-4-8-17)29-26(31-27)18-9-5-2-6-10-18/h1-9,11-16,18H,10H2. The van der Waals surface area contributed by atoms with Gasteiger partial charge in [0, 0.05) is 32.3 Å². The van der Waals surface area contributed by atoms with Gasteiger partial charge in [0.05, 0.1) is 0 Å². The first kappa shape index (κ1) is 19.1. The highest BCUT2D eigenvalue weighted by Gasteiger charge is 2.18. The van der Waals surface area contributed by atoms with Crippen molar-refractivity contribution in [1.29, 1.82) is 0 Å². The van der Waals surface area contributed by atoms with Gasteiger partial charge in [-0.15, -0.1) is 0 Å². The molecule has 2 aromatic heterocycles. The third-order valence-electron chi connectivity index (χ3n) is 5.69. The van der Waals surface area contributed by atoms with E-state index >= 15 is 0 Å². The smallest absolute Gasteiger partial charge is 0.163 e. The van der Waals surface area contributed by atoms with E-state index in [2.05, 4.69) is 52.4 Å². The number of hydrogen-bond donors (Lipinski definition) is 0. The van der Waals surface area contributed by atoms with E-state index in [0.29, 0.717) is 11.6 Å².